The minimum Gasteiger partial charge on any atom is -0.338 e. The van der Waals surface area contributed by atoms with Crippen LogP contribution in [0, 0.1) is 12.8 Å². The van der Waals surface area contributed by atoms with Crippen molar-refractivity contribution in [3.63, 3.8) is 0 Å². The number of pyridine rings is 1. The fraction of sp³-hybridized carbons (Fsp3) is 0.526. The number of amides is 1. The number of likely N-dealkylation sites (tertiary alicyclic amines) is 1. The Kier molecular flexibility index (Phi) is 4.08. The molecule has 0 unspecified atom stereocenters. The molecule has 0 aromatic carbocycles. The largest absolute Gasteiger partial charge is 0.338 e. The average molecular weight is 324 g/mol. The van der Waals surface area contributed by atoms with Gasteiger partial charge in [0, 0.05) is 49.8 Å². The summed E-state index contributed by atoms with van der Waals surface area (Å²) in [7, 11) is 0. The maximum Gasteiger partial charge on any atom is 0.255 e. The number of carbonyl (C=O) groups is 1. The van der Waals surface area contributed by atoms with Crippen LogP contribution in [-0.2, 0) is 6.54 Å². The first kappa shape index (κ1) is 15.4. The van der Waals surface area contributed by atoms with Gasteiger partial charge in [-0.25, -0.2) is 4.98 Å². The molecule has 1 atom stereocenters. The maximum atomic E-state index is 12.8. The van der Waals surface area contributed by atoms with Gasteiger partial charge in [-0.1, -0.05) is 0 Å². The van der Waals surface area contributed by atoms with Crippen LogP contribution in [-0.4, -0.2) is 38.4 Å². The highest BCUT2D eigenvalue weighted by molar-refractivity contribution is 5.94. The Labute approximate surface area is 142 Å². The third kappa shape index (κ3) is 3.21. The summed E-state index contributed by atoms with van der Waals surface area (Å²) in [5.74, 6) is 2.42. The predicted octanol–water partition coefficient (Wildman–Crippen LogP) is 3.02. The van der Waals surface area contributed by atoms with Gasteiger partial charge >= 0.3 is 0 Å². The summed E-state index contributed by atoms with van der Waals surface area (Å²) in [5, 5.41) is 0. The van der Waals surface area contributed by atoms with E-state index in [9.17, 15) is 4.79 Å². The molecule has 1 saturated heterocycles. The second kappa shape index (κ2) is 6.38. The molecule has 1 amide bonds. The Morgan fingerprint density at radius 3 is 2.88 bits per heavy atom. The number of rotatable bonds is 4. The molecule has 24 heavy (non-hydrogen) atoms. The zero-order valence-corrected chi connectivity index (χ0v) is 14.2. The van der Waals surface area contributed by atoms with Crippen LogP contribution in [0.15, 0.2) is 30.7 Å². The lowest BCUT2D eigenvalue weighted by atomic mass is 9.96. The Bertz CT molecular complexity index is 717. The first-order valence-corrected chi connectivity index (χ1v) is 8.93. The first-order valence-electron chi connectivity index (χ1n) is 8.93. The van der Waals surface area contributed by atoms with Gasteiger partial charge in [0.25, 0.3) is 5.91 Å². The molecule has 4 rings (SSSR count). The van der Waals surface area contributed by atoms with E-state index in [0.29, 0.717) is 11.5 Å². The van der Waals surface area contributed by atoms with Gasteiger partial charge in [0.05, 0.1) is 5.56 Å². The Balaban J connectivity index is 1.48. The molecule has 0 spiro atoms. The molecule has 1 aliphatic carbocycles. The topological polar surface area (TPSA) is 51.0 Å². The van der Waals surface area contributed by atoms with Crippen LogP contribution >= 0.6 is 0 Å². The number of aromatic nitrogens is 3. The lowest BCUT2D eigenvalue weighted by molar-refractivity contribution is 0.0702. The lowest BCUT2D eigenvalue weighted by Crippen LogP contribution is -2.39. The van der Waals surface area contributed by atoms with Crippen LogP contribution in [0.4, 0.5) is 0 Å². The van der Waals surface area contributed by atoms with E-state index < -0.39 is 0 Å². The molecule has 2 fully saturated rings. The van der Waals surface area contributed by atoms with Crippen molar-refractivity contribution in [2.75, 3.05) is 13.1 Å². The van der Waals surface area contributed by atoms with Crippen molar-refractivity contribution in [1.29, 1.82) is 0 Å². The molecule has 1 aliphatic heterocycles. The summed E-state index contributed by atoms with van der Waals surface area (Å²) in [4.78, 5) is 23.6. The highest BCUT2D eigenvalue weighted by Gasteiger charge is 2.29. The lowest BCUT2D eigenvalue weighted by Gasteiger charge is -2.32. The smallest absolute Gasteiger partial charge is 0.255 e. The van der Waals surface area contributed by atoms with Crippen molar-refractivity contribution in [1.82, 2.24) is 19.4 Å². The number of carbonyl (C=O) groups excluding carboxylic acids is 1. The van der Waals surface area contributed by atoms with Gasteiger partial charge in [-0.05, 0) is 50.7 Å². The van der Waals surface area contributed by atoms with Crippen molar-refractivity contribution in [2.45, 2.75) is 45.1 Å². The minimum absolute atomic E-state index is 0.0903. The van der Waals surface area contributed by atoms with Gasteiger partial charge in [0.1, 0.15) is 5.82 Å². The van der Waals surface area contributed by atoms with Crippen LogP contribution in [0.2, 0.25) is 0 Å². The number of aryl methyl sites for hydroxylation is 1. The molecule has 0 bridgehead atoms. The normalized spacial score (nSPS) is 21.0. The average Bonchev–Trinajstić information content (AvgIpc) is 3.30. The van der Waals surface area contributed by atoms with Crippen LogP contribution in [0.1, 0.15) is 53.5 Å². The quantitative estimate of drug-likeness (QED) is 0.868. The van der Waals surface area contributed by atoms with Crippen LogP contribution < -0.4 is 0 Å². The summed E-state index contributed by atoms with van der Waals surface area (Å²) in [6, 6.07) is 3.78. The van der Waals surface area contributed by atoms with E-state index in [1.807, 2.05) is 30.2 Å². The summed E-state index contributed by atoms with van der Waals surface area (Å²) in [5.41, 5.74) is 1.62. The van der Waals surface area contributed by atoms with Gasteiger partial charge in [-0.2, -0.15) is 0 Å². The van der Waals surface area contributed by atoms with Gasteiger partial charge in [-0.3, -0.25) is 9.78 Å². The highest BCUT2D eigenvalue weighted by atomic mass is 16.2. The van der Waals surface area contributed by atoms with Gasteiger partial charge in [0.15, 0.2) is 0 Å². The molecule has 126 valence electrons. The van der Waals surface area contributed by atoms with E-state index in [-0.39, 0.29) is 5.91 Å². The second-order valence-corrected chi connectivity index (χ2v) is 7.16. The number of piperidine rings is 1. The fourth-order valence-corrected chi connectivity index (χ4v) is 3.56. The Morgan fingerprint density at radius 1 is 1.25 bits per heavy atom. The highest BCUT2D eigenvalue weighted by Crippen LogP contribution is 2.33. The van der Waals surface area contributed by atoms with E-state index >= 15 is 0 Å². The summed E-state index contributed by atoms with van der Waals surface area (Å²) >= 11 is 0. The van der Waals surface area contributed by atoms with Crippen molar-refractivity contribution in [3.05, 3.63) is 47.8 Å². The molecule has 0 radical (unpaired) electrons. The third-order valence-electron chi connectivity index (χ3n) is 5.13. The molecule has 0 N–H and O–H groups in total. The third-order valence-corrected chi connectivity index (χ3v) is 5.13. The molecule has 3 heterocycles. The maximum absolute atomic E-state index is 12.8. The molecule has 2 aromatic rings. The van der Waals surface area contributed by atoms with Crippen LogP contribution in [0.5, 0.6) is 0 Å². The van der Waals surface area contributed by atoms with E-state index in [4.69, 9.17) is 0 Å². The van der Waals surface area contributed by atoms with Crippen LogP contribution in [0.25, 0.3) is 0 Å². The zero-order valence-electron chi connectivity index (χ0n) is 14.2. The number of nitrogens with zero attached hydrogens (tertiary/aromatic N) is 4. The first-order chi connectivity index (χ1) is 11.7. The Hall–Kier alpha value is -2.17. The molecular weight excluding hydrogens is 300 g/mol. The van der Waals surface area contributed by atoms with Crippen molar-refractivity contribution in [3.8, 4) is 0 Å². The van der Waals surface area contributed by atoms with Crippen molar-refractivity contribution in [2.24, 2.45) is 5.92 Å². The summed E-state index contributed by atoms with van der Waals surface area (Å²) < 4.78 is 2.31. The van der Waals surface area contributed by atoms with E-state index in [0.717, 1.165) is 49.9 Å². The van der Waals surface area contributed by atoms with E-state index in [1.54, 1.807) is 6.20 Å². The number of imidazole rings is 1. The molecule has 2 aromatic heterocycles. The fourth-order valence-electron chi connectivity index (χ4n) is 3.56. The SMILES string of the molecule is Cc1ccc(C(=O)N2CCC[C@H](c3nccn3CC3CC3)C2)cn1. The molecular formula is C19H24N4O. The van der Waals surface area contributed by atoms with Crippen molar-refractivity contribution >= 4 is 5.91 Å². The minimum atomic E-state index is 0.0903. The second-order valence-electron chi connectivity index (χ2n) is 7.16. The van der Waals surface area contributed by atoms with Gasteiger partial charge in [-0.15, -0.1) is 0 Å². The van der Waals surface area contributed by atoms with Gasteiger partial charge in [0.2, 0.25) is 0 Å². The number of hydrogen-bond donors (Lipinski definition) is 0. The zero-order chi connectivity index (χ0) is 16.5. The Morgan fingerprint density at radius 2 is 2.12 bits per heavy atom. The summed E-state index contributed by atoms with van der Waals surface area (Å²) in [6.45, 7) is 4.60. The molecule has 2 aliphatic rings. The standard InChI is InChI=1S/C19H24N4O/c1-14-4-7-16(11-21-14)19(24)23-9-2-3-17(13-23)18-20-8-10-22(18)12-15-5-6-15/h4,7-8,10-11,15,17H,2-3,5-6,9,12-13H2,1H3/t17-/m0/s1. The van der Waals surface area contributed by atoms with Crippen LogP contribution in [0.3, 0.4) is 0 Å². The monoisotopic (exact) mass is 324 g/mol. The molecule has 5 heteroatoms. The molecule has 1 saturated carbocycles. The predicted molar refractivity (Wildman–Crippen MR) is 91.8 cm³/mol. The number of hydrogen-bond acceptors (Lipinski definition) is 3. The van der Waals surface area contributed by atoms with Crippen molar-refractivity contribution < 1.29 is 4.79 Å². The summed E-state index contributed by atoms with van der Waals surface area (Å²) in [6.07, 6.45) is 10.5. The van der Waals surface area contributed by atoms with Gasteiger partial charge < -0.3 is 9.47 Å². The molecule has 5 nitrogen and oxygen atoms in total. The van der Waals surface area contributed by atoms with E-state index in [1.165, 1.54) is 12.8 Å². The van der Waals surface area contributed by atoms with E-state index in [2.05, 4.69) is 20.7 Å².